The maximum absolute atomic E-state index is 11.8. The topological polar surface area (TPSA) is 57.2 Å². The van der Waals surface area contributed by atoms with E-state index in [1.54, 1.807) is 19.0 Å². The molecule has 1 fully saturated rings. The number of ether oxygens (including phenoxy) is 1. The normalized spacial score (nSPS) is 17.6. The van der Waals surface area contributed by atoms with E-state index in [9.17, 15) is 4.79 Å². The van der Waals surface area contributed by atoms with Gasteiger partial charge in [0, 0.05) is 39.6 Å². The van der Waals surface area contributed by atoms with Crippen molar-refractivity contribution in [1.82, 2.24) is 15.1 Å². The predicted octanol–water partition coefficient (Wildman–Crippen LogP) is 1.58. The average molecular weight is 346 g/mol. The van der Waals surface area contributed by atoms with Gasteiger partial charge in [0.2, 0.25) is 5.91 Å². The summed E-state index contributed by atoms with van der Waals surface area (Å²) in [5, 5.41) is 3.29. The number of likely N-dealkylation sites (tertiary alicyclic amines) is 1. The van der Waals surface area contributed by atoms with Gasteiger partial charge in [0.05, 0.1) is 13.2 Å². The third kappa shape index (κ3) is 6.38. The highest BCUT2D eigenvalue weighted by molar-refractivity contribution is 5.85. The van der Waals surface area contributed by atoms with Crippen LogP contribution in [0.2, 0.25) is 0 Å². The minimum Gasteiger partial charge on any atom is -0.376 e. The summed E-state index contributed by atoms with van der Waals surface area (Å²) in [6, 6.07) is 10.2. The van der Waals surface area contributed by atoms with Gasteiger partial charge in [-0.1, -0.05) is 30.3 Å². The molecule has 1 heterocycles. The van der Waals surface area contributed by atoms with Crippen molar-refractivity contribution in [2.24, 2.45) is 10.9 Å². The van der Waals surface area contributed by atoms with Crippen LogP contribution in [0.5, 0.6) is 0 Å². The first-order valence-electron chi connectivity index (χ1n) is 8.95. The number of nitrogens with zero attached hydrogens (tertiary/aromatic N) is 3. The molecule has 1 atom stereocenters. The Hall–Kier alpha value is -2.08. The van der Waals surface area contributed by atoms with Crippen LogP contribution < -0.4 is 5.32 Å². The molecule has 25 heavy (non-hydrogen) atoms. The van der Waals surface area contributed by atoms with E-state index in [-0.39, 0.29) is 12.5 Å². The first-order chi connectivity index (χ1) is 12.1. The van der Waals surface area contributed by atoms with Crippen LogP contribution in [0.4, 0.5) is 0 Å². The molecule has 6 nitrogen and oxygen atoms in total. The Bertz CT molecular complexity index is 560. The van der Waals surface area contributed by atoms with Gasteiger partial charge in [-0.05, 0) is 18.9 Å². The quantitative estimate of drug-likeness (QED) is 0.602. The summed E-state index contributed by atoms with van der Waals surface area (Å²) in [5.74, 6) is 1.33. The second-order valence-electron chi connectivity index (χ2n) is 6.56. The van der Waals surface area contributed by atoms with Crippen LogP contribution in [-0.4, -0.2) is 68.5 Å². The molecule has 1 aliphatic rings. The number of rotatable bonds is 7. The maximum atomic E-state index is 11.8. The second kappa shape index (κ2) is 10.0. The summed E-state index contributed by atoms with van der Waals surface area (Å²) in [5.41, 5.74) is 1.20. The summed E-state index contributed by atoms with van der Waals surface area (Å²) in [6.45, 7) is 6.28. The summed E-state index contributed by atoms with van der Waals surface area (Å²) < 4.78 is 5.87. The van der Waals surface area contributed by atoms with Crippen LogP contribution in [0.15, 0.2) is 35.3 Å². The molecule has 0 radical (unpaired) electrons. The van der Waals surface area contributed by atoms with Gasteiger partial charge in [0.1, 0.15) is 6.54 Å². The van der Waals surface area contributed by atoms with Crippen molar-refractivity contribution in [2.45, 2.75) is 20.0 Å². The lowest BCUT2D eigenvalue weighted by Gasteiger charge is -2.22. The zero-order valence-corrected chi connectivity index (χ0v) is 15.6. The number of carbonyl (C=O) groups is 1. The number of carbonyl (C=O) groups excluding carboxylic acids is 1. The molecule has 1 amide bonds. The number of guanidine groups is 1. The zero-order chi connectivity index (χ0) is 18.1. The van der Waals surface area contributed by atoms with Crippen LogP contribution in [0.25, 0.3) is 0 Å². The Morgan fingerprint density at radius 2 is 2.12 bits per heavy atom. The number of benzene rings is 1. The lowest BCUT2D eigenvalue weighted by molar-refractivity contribution is -0.127. The van der Waals surface area contributed by atoms with Crippen LogP contribution in [0.1, 0.15) is 18.9 Å². The number of hydrogen-bond acceptors (Lipinski definition) is 3. The summed E-state index contributed by atoms with van der Waals surface area (Å²) in [7, 11) is 3.50. The Balaban J connectivity index is 1.80. The SMILES string of the molecule is CCNC(=NCC(=O)N(C)C)N1CCC(COCc2ccccc2)C1. The minimum absolute atomic E-state index is 0.0114. The van der Waals surface area contributed by atoms with Crippen LogP contribution in [-0.2, 0) is 16.1 Å². The fraction of sp³-hybridized carbons (Fsp3) is 0.579. The van der Waals surface area contributed by atoms with E-state index in [0.717, 1.165) is 38.6 Å². The van der Waals surface area contributed by atoms with Crippen molar-refractivity contribution in [3.05, 3.63) is 35.9 Å². The number of hydrogen-bond donors (Lipinski definition) is 1. The number of amides is 1. The molecule has 0 saturated carbocycles. The fourth-order valence-electron chi connectivity index (χ4n) is 2.79. The molecule has 0 aliphatic carbocycles. The molecule has 0 aromatic heterocycles. The van der Waals surface area contributed by atoms with Gasteiger partial charge >= 0.3 is 0 Å². The van der Waals surface area contributed by atoms with E-state index in [1.165, 1.54) is 5.56 Å². The van der Waals surface area contributed by atoms with Gasteiger partial charge in [-0.2, -0.15) is 0 Å². The number of likely N-dealkylation sites (N-methyl/N-ethyl adjacent to an activating group) is 1. The molecule has 1 N–H and O–H groups in total. The van der Waals surface area contributed by atoms with Crippen molar-refractivity contribution in [1.29, 1.82) is 0 Å². The highest BCUT2D eigenvalue weighted by atomic mass is 16.5. The highest BCUT2D eigenvalue weighted by Gasteiger charge is 2.25. The molecule has 6 heteroatoms. The van der Waals surface area contributed by atoms with E-state index in [2.05, 4.69) is 27.3 Å². The Morgan fingerprint density at radius 1 is 1.36 bits per heavy atom. The number of aliphatic imine (C=N–C) groups is 1. The lowest BCUT2D eigenvalue weighted by atomic mass is 10.1. The van der Waals surface area contributed by atoms with Crippen molar-refractivity contribution in [2.75, 3.05) is 46.9 Å². The fourth-order valence-corrected chi connectivity index (χ4v) is 2.79. The van der Waals surface area contributed by atoms with Gasteiger partial charge in [0.15, 0.2) is 5.96 Å². The lowest BCUT2D eigenvalue weighted by Crippen LogP contribution is -2.41. The van der Waals surface area contributed by atoms with Crippen LogP contribution in [0.3, 0.4) is 0 Å². The van der Waals surface area contributed by atoms with E-state index in [4.69, 9.17) is 4.74 Å². The average Bonchev–Trinajstić information content (AvgIpc) is 3.08. The standard InChI is InChI=1S/C19H30N4O2/c1-4-20-19(21-12-18(24)22(2)3)23-11-10-17(13-23)15-25-14-16-8-6-5-7-9-16/h5-9,17H,4,10-15H2,1-3H3,(H,20,21). The first-order valence-corrected chi connectivity index (χ1v) is 8.95. The highest BCUT2D eigenvalue weighted by Crippen LogP contribution is 2.17. The first kappa shape index (κ1) is 19.2. The smallest absolute Gasteiger partial charge is 0.243 e. The summed E-state index contributed by atoms with van der Waals surface area (Å²) in [4.78, 5) is 20.0. The summed E-state index contributed by atoms with van der Waals surface area (Å²) in [6.07, 6.45) is 1.08. The summed E-state index contributed by atoms with van der Waals surface area (Å²) >= 11 is 0. The second-order valence-corrected chi connectivity index (χ2v) is 6.56. The third-order valence-corrected chi connectivity index (χ3v) is 4.25. The van der Waals surface area contributed by atoms with E-state index in [0.29, 0.717) is 12.5 Å². The minimum atomic E-state index is 0.0114. The van der Waals surface area contributed by atoms with Gasteiger partial charge in [-0.15, -0.1) is 0 Å². The van der Waals surface area contributed by atoms with Gasteiger partial charge < -0.3 is 19.9 Å². The molecule has 0 spiro atoms. The Morgan fingerprint density at radius 3 is 2.80 bits per heavy atom. The molecule has 138 valence electrons. The zero-order valence-electron chi connectivity index (χ0n) is 15.6. The molecule has 2 rings (SSSR count). The van der Waals surface area contributed by atoms with E-state index < -0.39 is 0 Å². The van der Waals surface area contributed by atoms with Crippen molar-refractivity contribution < 1.29 is 9.53 Å². The molecule has 1 unspecified atom stereocenters. The molecule has 1 saturated heterocycles. The Labute approximate surface area is 150 Å². The maximum Gasteiger partial charge on any atom is 0.243 e. The van der Waals surface area contributed by atoms with Crippen molar-refractivity contribution in [3.63, 3.8) is 0 Å². The molecular weight excluding hydrogens is 316 g/mol. The molecule has 1 aromatic rings. The Kier molecular flexibility index (Phi) is 7.73. The van der Waals surface area contributed by atoms with Gasteiger partial charge in [0.25, 0.3) is 0 Å². The molecule has 0 bridgehead atoms. The van der Waals surface area contributed by atoms with E-state index >= 15 is 0 Å². The number of nitrogens with one attached hydrogen (secondary N) is 1. The van der Waals surface area contributed by atoms with Crippen molar-refractivity contribution in [3.8, 4) is 0 Å². The molecule has 1 aliphatic heterocycles. The van der Waals surface area contributed by atoms with Gasteiger partial charge in [-0.25, -0.2) is 4.99 Å². The third-order valence-electron chi connectivity index (χ3n) is 4.25. The van der Waals surface area contributed by atoms with E-state index in [1.807, 2.05) is 25.1 Å². The largest absolute Gasteiger partial charge is 0.376 e. The van der Waals surface area contributed by atoms with Crippen molar-refractivity contribution >= 4 is 11.9 Å². The van der Waals surface area contributed by atoms with Gasteiger partial charge in [-0.3, -0.25) is 4.79 Å². The van der Waals surface area contributed by atoms with Crippen LogP contribution in [0, 0.1) is 5.92 Å². The predicted molar refractivity (Wildman–Crippen MR) is 100 cm³/mol. The van der Waals surface area contributed by atoms with Crippen LogP contribution >= 0.6 is 0 Å². The molecular formula is C19H30N4O2. The monoisotopic (exact) mass is 346 g/mol. The molecule has 1 aromatic carbocycles.